The minimum Gasteiger partial charge on any atom is -0.453 e. The first-order chi connectivity index (χ1) is 8.29. The van der Waals surface area contributed by atoms with Gasteiger partial charge in [0.25, 0.3) is 0 Å². The molecule has 0 aliphatic carbocycles. The molecule has 100 valence electrons. The third kappa shape index (κ3) is 2.57. The Morgan fingerprint density at radius 1 is 1.33 bits per heavy atom. The third-order valence-electron chi connectivity index (χ3n) is 2.94. The molecule has 0 aromatic heterocycles. The summed E-state index contributed by atoms with van der Waals surface area (Å²) in [5.74, 6) is 1.80. The summed E-state index contributed by atoms with van der Waals surface area (Å²) < 4.78 is 11.0. The van der Waals surface area contributed by atoms with E-state index in [1.807, 2.05) is 19.9 Å². The van der Waals surface area contributed by atoms with E-state index in [-0.39, 0.29) is 12.3 Å². The fourth-order valence-electron chi connectivity index (χ4n) is 2.37. The Morgan fingerprint density at radius 3 is 2.50 bits per heavy atom. The van der Waals surface area contributed by atoms with Gasteiger partial charge in [-0.05, 0) is 37.8 Å². The number of halogens is 1. The average Bonchev–Trinajstić information content (AvgIpc) is 2.63. The molecular formula is C14H20ClNO2. The van der Waals surface area contributed by atoms with Crippen LogP contribution in [0.1, 0.15) is 44.7 Å². The smallest absolute Gasteiger partial charge is 0.231 e. The zero-order valence-corrected chi connectivity index (χ0v) is 12.1. The first-order valence-corrected chi connectivity index (χ1v) is 6.57. The molecule has 3 nitrogen and oxygen atoms in total. The first kappa shape index (κ1) is 13.5. The van der Waals surface area contributed by atoms with Crippen molar-refractivity contribution in [2.45, 2.75) is 45.6 Å². The lowest BCUT2D eigenvalue weighted by Crippen LogP contribution is -2.34. The van der Waals surface area contributed by atoms with Crippen LogP contribution < -0.4 is 15.2 Å². The number of benzene rings is 1. The largest absolute Gasteiger partial charge is 0.453 e. The highest BCUT2D eigenvalue weighted by Crippen LogP contribution is 2.46. The molecule has 0 radical (unpaired) electrons. The number of rotatable bonds is 3. The number of fused-ring (bicyclic) bond motifs is 1. The first-order valence-electron chi connectivity index (χ1n) is 6.19. The summed E-state index contributed by atoms with van der Waals surface area (Å²) in [7, 11) is 0. The Hall–Kier alpha value is -0.930. The number of ether oxygens (including phenoxy) is 2. The van der Waals surface area contributed by atoms with E-state index in [2.05, 4.69) is 13.8 Å². The molecule has 18 heavy (non-hydrogen) atoms. The van der Waals surface area contributed by atoms with Gasteiger partial charge in [-0.1, -0.05) is 25.4 Å². The third-order valence-corrected chi connectivity index (χ3v) is 3.23. The highest BCUT2D eigenvalue weighted by molar-refractivity contribution is 6.32. The molecule has 1 aliphatic rings. The Labute approximate surface area is 113 Å². The van der Waals surface area contributed by atoms with Gasteiger partial charge in [-0.15, -0.1) is 0 Å². The number of hydrogen-bond donors (Lipinski definition) is 1. The van der Waals surface area contributed by atoms with Crippen LogP contribution in [0.5, 0.6) is 11.5 Å². The van der Waals surface area contributed by atoms with Crippen LogP contribution in [0.25, 0.3) is 0 Å². The highest BCUT2D eigenvalue weighted by atomic mass is 35.5. The topological polar surface area (TPSA) is 44.5 Å². The minimum absolute atomic E-state index is 0.240. The van der Waals surface area contributed by atoms with Crippen LogP contribution in [-0.4, -0.2) is 12.3 Å². The van der Waals surface area contributed by atoms with Gasteiger partial charge >= 0.3 is 0 Å². The summed E-state index contributed by atoms with van der Waals surface area (Å²) in [5, 5.41) is 0.603. The number of nitrogens with two attached hydrogens (primary N) is 1. The predicted octanol–water partition coefficient (Wildman–Crippen LogP) is 3.47. The van der Waals surface area contributed by atoms with Crippen molar-refractivity contribution in [3.05, 3.63) is 22.2 Å². The predicted molar refractivity (Wildman–Crippen MR) is 73.6 cm³/mol. The molecule has 0 saturated carbocycles. The summed E-state index contributed by atoms with van der Waals surface area (Å²) in [6.07, 6.45) is 0.761. The van der Waals surface area contributed by atoms with Gasteiger partial charge in [0.2, 0.25) is 6.79 Å². The van der Waals surface area contributed by atoms with Gasteiger partial charge in [-0.2, -0.15) is 0 Å². The fraction of sp³-hybridized carbons (Fsp3) is 0.571. The van der Waals surface area contributed by atoms with E-state index >= 15 is 0 Å². The van der Waals surface area contributed by atoms with E-state index < -0.39 is 0 Å². The van der Waals surface area contributed by atoms with Crippen molar-refractivity contribution < 1.29 is 9.47 Å². The van der Waals surface area contributed by atoms with Crippen LogP contribution in [0.3, 0.4) is 0 Å². The van der Waals surface area contributed by atoms with Crippen molar-refractivity contribution >= 4 is 11.6 Å². The quantitative estimate of drug-likeness (QED) is 0.914. The molecular weight excluding hydrogens is 250 g/mol. The molecule has 2 N–H and O–H groups in total. The van der Waals surface area contributed by atoms with Gasteiger partial charge < -0.3 is 15.2 Å². The van der Waals surface area contributed by atoms with E-state index in [1.165, 1.54) is 0 Å². The van der Waals surface area contributed by atoms with Crippen LogP contribution in [0.15, 0.2) is 6.07 Å². The molecule has 1 heterocycles. The Bertz CT molecular complexity index is 464. The molecule has 0 amide bonds. The molecule has 1 aromatic rings. The van der Waals surface area contributed by atoms with Crippen molar-refractivity contribution in [1.29, 1.82) is 0 Å². The van der Waals surface area contributed by atoms with Crippen LogP contribution in [0.2, 0.25) is 5.02 Å². The zero-order valence-electron chi connectivity index (χ0n) is 11.3. The van der Waals surface area contributed by atoms with Gasteiger partial charge in [0, 0.05) is 11.1 Å². The molecule has 0 bridgehead atoms. The maximum absolute atomic E-state index is 6.23. The van der Waals surface area contributed by atoms with Crippen LogP contribution in [-0.2, 0) is 6.42 Å². The zero-order chi connectivity index (χ0) is 13.5. The van der Waals surface area contributed by atoms with E-state index in [1.54, 1.807) is 0 Å². The van der Waals surface area contributed by atoms with Crippen LogP contribution in [0, 0.1) is 0 Å². The van der Waals surface area contributed by atoms with Crippen molar-refractivity contribution in [3.8, 4) is 11.5 Å². The Morgan fingerprint density at radius 2 is 1.94 bits per heavy atom. The molecule has 0 saturated heterocycles. The number of hydrogen-bond acceptors (Lipinski definition) is 3. The van der Waals surface area contributed by atoms with E-state index in [0.29, 0.717) is 16.7 Å². The molecule has 1 aliphatic heterocycles. The van der Waals surface area contributed by atoms with Gasteiger partial charge in [0.1, 0.15) is 0 Å². The standard InChI is InChI=1S/C14H20ClNO2/c1-8(2)11-9(6-14(3,4)16)5-10(15)12-13(11)18-7-17-12/h5,8H,6-7,16H2,1-4H3. The maximum Gasteiger partial charge on any atom is 0.231 e. The van der Waals surface area contributed by atoms with Gasteiger partial charge in [0.05, 0.1) is 5.02 Å². The normalized spacial score (nSPS) is 14.4. The molecule has 0 fully saturated rings. The van der Waals surface area contributed by atoms with E-state index in [9.17, 15) is 0 Å². The molecule has 1 aromatic carbocycles. The lowest BCUT2D eigenvalue weighted by atomic mass is 9.88. The SMILES string of the molecule is CC(C)c1c(CC(C)(C)N)cc(Cl)c2c1OCO2. The molecule has 0 atom stereocenters. The lowest BCUT2D eigenvalue weighted by Gasteiger charge is -2.23. The monoisotopic (exact) mass is 269 g/mol. The second kappa shape index (κ2) is 4.63. The Balaban J connectivity index is 2.55. The summed E-state index contributed by atoms with van der Waals surface area (Å²) in [4.78, 5) is 0. The van der Waals surface area contributed by atoms with Gasteiger partial charge in [0.15, 0.2) is 11.5 Å². The summed E-state index contributed by atoms with van der Waals surface area (Å²) in [6, 6.07) is 1.96. The molecule has 0 spiro atoms. The van der Waals surface area contributed by atoms with Crippen molar-refractivity contribution in [1.82, 2.24) is 0 Å². The van der Waals surface area contributed by atoms with Crippen molar-refractivity contribution in [2.24, 2.45) is 5.73 Å². The van der Waals surface area contributed by atoms with Crippen molar-refractivity contribution in [2.75, 3.05) is 6.79 Å². The highest BCUT2D eigenvalue weighted by Gasteiger charge is 2.27. The summed E-state index contributed by atoms with van der Waals surface area (Å²) in [6.45, 7) is 8.53. The molecule has 4 heteroatoms. The van der Waals surface area contributed by atoms with E-state index in [0.717, 1.165) is 23.3 Å². The lowest BCUT2D eigenvalue weighted by molar-refractivity contribution is 0.173. The second-order valence-corrected chi connectivity index (χ2v) is 6.22. The fourth-order valence-corrected chi connectivity index (χ4v) is 2.64. The molecule has 2 rings (SSSR count). The van der Waals surface area contributed by atoms with E-state index in [4.69, 9.17) is 26.8 Å². The van der Waals surface area contributed by atoms with Crippen LogP contribution >= 0.6 is 11.6 Å². The minimum atomic E-state index is -0.277. The second-order valence-electron chi connectivity index (χ2n) is 5.82. The summed E-state index contributed by atoms with van der Waals surface area (Å²) >= 11 is 6.23. The van der Waals surface area contributed by atoms with Gasteiger partial charge in [-0.3, -0.25) is 0 Å². The average molecular weight is 270 g/mol. The Kier molecular flexibility index (Phi) is 3.47. The van der Waals surface area contributed by atoms with Crippen molar-refractivity contribution in [3.63, 3.8) is 0 Å². The molecule has 0 unspecified atom stereocenters. The van der Waals surface area contributed by atoms with Crippen LogP contribution in [0.4, 0.5) is 0 Å². The van der Waals surface area contributed by atoms with Gasteiger partial charge in [-0.25, -0.2) is 0 Å². The summed E-state index contributed by atoms with van der Waals surface area (Å²) in [5.41, 5.74) is 8.14. The maximum atomic E-state index is 6.23.